The van der Waals surface area contributed by atoms with Crippen LogP contribution in [0.5, 0.6) is 0 Å². The normalized spacial score (nSPS) is 13.7. The van der Waals surface area contributed by atoms with E-state index in [9.17, 15) is 9.59 Å². The van der Waals surface area contributed by atoms with E-state index in [2.05, 4.69) is 11.9 Å². The summed E-state index contributed by atoms with van der Waals surface area (Å²) in [6, 6.07) is 0. The Morgan fingerprint density at radius 1 is 1.00 bits per heavy atom. The van der Waals surface area contributed by atoms with Crippen LogP contribution >= 0.6 is 0 Å². The molecule has 1 N–H and O–H groups in total. The Hall–Kier alpha value is -1.42. The molecule has 0 radical (unpaired) electrons. The van der Waals surface area contributed by atoms with Crippen molar-refractivity contribution in [2.75, 3.05) is 19.8 Å². The molecule has 0 heterocycles. The topological polar surface area (TPSA) is 92.3 Å². The zero-order valence-corrected chi connectivity index (χ0v) is 17.0. The Morgan fingerprint density at radius 3 is 1.84 bits per heavy atom. The molecule has 0 aromatic carbocycles. The van der Waals surface area contributed by atoms with Crippen LogP contribution in [-0.4, -0.2) is 52.6 Å². The molecule has 0 aliphatic carbocycles. The van der Waals surface area contributed by atoms with Gasteiger partial charge in [0.2, 0.25) is 6.29 Å². The summed E-state index contributed by atoms with van der Waals surface area (Å²) in [4.78, 5) is 23.6. The van der Waals surface area contributed by atoms with Gasteiger partial charge in [0.05, 0.1) is 0 Å². The van der Waals surface area contributed by atoms with Crippen molar-refractivity contribution in [2.45, 2.75) is 59.9 Å². The van der Waals surface area contributed by atoms with Crippen LogP contribution < -0.4 is 5.32 Å². The number of carbonyl (C=O) groups excluding carboxylic acids is 2. The Kier molecular flexibility index (Phi) is 11.3. The molecule has 9 heteroatoms. The fourth-order valence-electron chi connectivity index (χ4n) is 2.07. The van der Waals surface area contributed by atoms with E-state index in [0.717, 1.165) is 0 Å². The molecule has 8 nitrogen and oxygen atoms in total. The van der Waals surface area contributed by atoms with E-state index in [0.29, 0.717) is 26.2 Å². The van der Waals surface area contributed by atoms with Gasteiger partial charge in [-0.1, -0.05) is 13.5 Å². The number of amides is 1. The Bertz CT molecular complexity index is 427. The average molecular weight is 378 g/mol. The lowest BCUT2D eigenvalue weighted by molar-refractivity contribution is -0.160. The molecule has 25 heavy (non-hydrogen) atoms. The maximum Gasteiger partial charge on any atom is 0.524 e. The first-order valence-electron chi connectivity index (χ1n) is 8.51. The molecule has 0 bridgehead atoms. The molecule has 0 spiro atoms. The molecule has 1 amide bonds. The van der Waals surface area contributed by atoms with Gasteiger partial charge in [-0.05, 0) is 34.1 Å². The first kappa shape index (κ1) is 23.6. The van der Waals surface area contributed by atoms with Gasteiger partial charge in [0.15, 0.2) is 0 Å². The number of alkyl carbamates (subject to hydrolysis) is 1. The van der Waals surface area contributed by atoms with Crippen molar-refractivity contribution in [2.24, 2.45) is 0 Å². The van der Waals surface area contributed by atoms with Crippen LogP contribution in [-0.2, 0) is 27.5 Å². The zero-order chi connectivity index (χ0) is 19.5. The van der Waals surface area contributed by atoms with Crippen molar-refractivity contribution in [3.63, 3.8) is 0 Å². The number of rotatable bonds is 12. The summed E-state index contributed by atoms with van der Waals surface area (Å²) in [6.07, 6.45) is -1.27. The fraction of sp³-hybridized carbons (Fsp3) is 0.750. The van der Waals surface area contributed by atoms with Gasteiger partial charge < -0.3 is 28.1 Å². The highest BCUT2D eigenvalue weighted by Gasteiger charge is 2.49. The van der Waals surface area contributed by atoms with E-state index in [1.807, 2.05) is 27.7 Å². The van der Waals surface area contributed by atoms with Crippen LogP contribution in [0.1, 0.15) is 48.0 Å². The molecule has 0 saturated carbocycles. The summed E-state index contributed by atoms with van der Waals surface area (Å²) < 4.78 is 27.4. The van der Waals surface area contributed by atoms with E-state index in [1.54, 1.807) is 0 Å². The molecule has 0 rings (SSSR count). The minimum absolute atomic E-state index is 0.220. The predicted molar refractivity (Wildman–Crippen MR) is 94.7 cm³/mol. The number of ether oxygens (including phenoxy) is 2. The standard InChI is InChI=1S/C16H31NO7Si/c1-8-14(25(20-9-2,21-10-3)22-11-4)17-16(19)24-13(7)23-15(18)12(5)6/h13-14H,5,8-11H2,1-4,6-7H3,(H,17,19). The zero-order valence-electron chi connectivity index (χ0n) is 16.0. The van der Waals surface area contributed by atoms with Gasteiger partial charge in [0, 0.05) is 32.3 Å². The second kappa shape index (κ2) is 12.0. The summed E-state index contributed by atoms with van der Waals surface area (Å²) in [5.74, 6) is -0.631. The van der Waals surface area contributed by atoms with Gasteiger partial charge in [-0.15, -0.1) is 0 Å². The third kappa shape index (κ3) is 8.00. The summed E-state index contributed by atoms with van der Waals surface area (Å²) >= 11 is 0. The predicted octanol–water partition coefficient (Wildman–Crippen LogP) is 2.54. The SMILES string of the molecule is C=C(C)C(=O)OC(C)OC(=O)NC(CC)[Si](OCC)(OCC)OCC. The van der Waals surface area contributed by atoms with Gasteiger partial charge in [-0.3, -0.25) is 0 Å². The highest BCUT2D eigenvalue weighted by molar-refractivity contribution is 6.62. The second-order valence-corrected chi connectivity index (χ2v) is 7.94. The van der Waals surface area contributed by atoms with E-state index in [-0.39, 0.29) is 5.57 Å². The largest absolute Gasteiger partial charge is 0.524 e. The van der Waals surface area contributed by atoms with Crippen molar-refractivity contribution in [1.82, 2.24) is 5.32 Å². The summed E-state index contributed by atoms with van der Waals surface area (Å²) in [7, 11) is -3.12. The smallest absolute Gasteiger partial charge is 0.422 e. The van der Waals surface area contributed by atoms with Crippen LogP contribution in [0, 0.1) is 0 Å². The monoisotopic (exact) mass is 377 g/mol. The van der Waals surface area contributed by atoms with Crippen LogP contribution in [0.15, 0.2) is 12.2 Å². The molecule has 0 fully saturated rings. The van der Waals surface area contributed by atoms with Crippen molar-refractivity contribution in [1.29, 1.82) is 0 Å². The molecular weight excluding hydrogens is 346 g/mol. The molecule has 2 atom stereocenters. The first-order chi connectivity index (χ1) is 11.8. The molecule has 0 aromatic heterocycles. The van der Waals surface area contributed by atoms with Gasteiger partial charge in [0.1, 0.15) is 5.67 Å². The molecule has 0 aromatic rings. The Morgan fingerprint density at radius 2 is 1.48 bits per heavy atom. The minimum Gasteiger partial charge on any atom is -0.422 e. The van der Waals surface area contributed by atoms with Gasteiger partial charge in [-0.25, -0.2) is 9.59 Å². The van der Waals surface area contributed by atoms with Gasteiger partial charge in [0.25, 0.3) is 0 Å². The third-order valence-corrected chi connectivity index (χ3v) is 6.54. The molecule has 0 aliphatic rings. The fourth-order valence-corrected chi connectivity index (χ4v) is 4.93. The molecule has 2 unspecified atom stereocenters. The summed E-state index contributed by atoms with van der Waals surface area (Å²) in [5, 5.41) is 2.71. The molecular formula is C16H31NO7Si. The lowest BCUT2D eigenvalue weighted by atomic mass is 10.4. The second-order valence-electron chi connectivity index (χ2n) is 5.17. The average Bonchev–Trinajstić information content (AvgIpc) is 2.52. The van der Waals surface area contributed by atoms with Crippen LogP contribution in [0.3, 0.4) is 0 Å². The van der Waals surface area contributed by atoms with Gasteiger partial charge in [-0.2, -0.15) is 0 Å². The Labute approximate surface area is 151 Å². The first-order valence-corrected chi connectivity index (χ1v) is 10.3. The van der Waals surface area contributed by atoms with Crippen molar-refractivity contribution in [3.05, 3.63) is 12.2 Å². The lowest BCUT2D eigenvalue weighted by Gasteiger charge is -2.34. The van der Waals surface area contributed by atoms with Crippen LogP contribution in [0.4, 0.5) is 4.79 Å². The van der Waals surface area contributed by atoms with Crippen LogP contribution in [0.25, 0.3) is 0 Å². The third-order valence-electron chi connectivity index (χ3n) is 3.06. The van der Waals surface area contributed by atoms with Gasteiger partial charge >= 0.3 is 20.9 Å². The van der Waals surface area contributed by atoms with E-state index in [4.69, 9.17) is 22.8 Å². The highest BCUT2D eigenvalue weighted by atomic mass is 28.4. The molecule has 0 saturated heterocycles. The number of carbonyl (C=O) groups is 2. The van der Waals surface area contributed by atoms with Crippen LogP contribution in [0.2, 0.25) is 0 Å². The number of hydrogen-bond donors (Lipinski definition) is 1. The maximum absolute atomic E-state index is 12.1. The van der Waals surface area contributed by atoms with Crippen molar-refractivity contribution >= 4 is 20.9 Å². The van der Waals surface area contributed by atoms with E-state index in [1.165, 1.54) is 13.8 Å². The lowest BCUT2D eigenvalue weighted by Crippen LogP contribution is -2.63. The Balaban J connectivity index is 4.98. The van der Waals surface area contributed by atoms with Crippen molar-refractivity contribution < 1.29 is 32.3 Å². The van der Waals surface area contributed by atoms with Crippen molar-refractivity contribution in [3.8, 4) is 0 Å². The summed E-state index contributed by atoms with van der Waals surface area (Å²) in [6.45, 7) is 15.0. The number of nitrogens with one attached hydrogen (secondary N) is 1. The molecule has 0 aliphatic heterocycles. The number of esters is 1. The van der Waals surface area contributed by atoms with E-state index < -0.39 is 32.8 Å². The van der Waals surface area contributed by atoms with E-state index >= 15 is 0 Å². The highest BCUT2D eigenvalue weighted by Crippen LogP contribution is 2.18. The quantitative estimate of drug-likeness (QED) is 0.242. The molecule has 146 valence electrons. The minimum atomic E-state index is -3.12. The maximum atomic E-state index is 12.1. The summed E-state index contributed by atoms with van der Waals surface area (Å²) in [5.41, 5.74) is -0.262. The number of hydrogen-bond acceptors (Lipinski definition) is 7.